The van der Waals surface area contributed by atoms with Crippen molar-refractivity contribution in [2.45, 2.75) is 25.8 Å². The Balaban J connectivity index is 1.92. The molecule has 0 aliphatic carbocycles. The highest BCUT2D eigenvalue weighted by atomic mass is 35.5. The van der Waals surface area contributed by atoms with Gasteiger partial charge in [-0.1, -0.05) is 11.6 Å². The van der Waals surface area contributed by atoms with Crippen molar-refractivity contribution < 1.29 is 4.79 Å². The summed E-state index contributed by atoms with van der Waals surface area (Å²) < 4.78 is 1.65. The molecule has 3 rings (SSSR count). The Morgan fingerprint density at radius 1 is 1.39 bits per heavy atom. The third-order valence-corrected chi connectivity index (χ3v) is 4.75. The zero-order chi connectivity index (χ0) is 16.6. The number of amides is 1. The van der Waals surface area contributed by atoms with E-state index in [0.717, 1.165) is 24.1 Å². The summed E-state index contributed by atoms with van der Waals surface area (Å²) in [6.45, 7) is 2.62. The molecular weight excluding hydrogens is 312 g/mol. The van der Waals surface area contributed by atoms with Gasteiger partial charge in [0.15, 0.2) is 0 Å². The van der Waals surface area contributed by atoms with E-state index in [1.54, 1.807) is 36.0 Å². The Morgan fingerprint density at radius 3 is 2.65 bits per heavy atom. The zero-order valence-electron chi connectivity index (χ0n) is 13.1. The minimum absolute atomic E-state index is 0.0312. The molecule has 2 aromatic rings. The normalized spacial score (nSPS) is 17.3. The van der Waals surface area contributed by atoms with Crippen LogP contribution in [-0.4, -0.2) is 27.1 Å². The molecule has 1 unspecified atom stereocenters. The molecule has 2 heterocycles. The van der Waals surface area contributed by atoms with Crippen LogP contribution in [0.3, 0.4) is 0 Å². The van der Waals surface area contributed by atoms with Crippen LogP contribution in [0.15, 0.2) is 24.3 Å². The fourth-order valence-electron chi connectivity index (χ4n) is 3.19. The average molecular weight is 329 g/mol. The maximum Gasteiger partial charge on any atom is 0.254 e. The summed E-state index contributed by atoms with van der Waals surface area (Å²) in [5.41, 5.74) is 2.94. The van der Waals surface area contributed by atoms with E-state index in [9.17, 15) is 4.79 Å². The summed E-state index contributed by atoms with van der Waals surface area (Å²) in [5, 5.41) is 13.8. The molecule has 1 fully saturated rings. The zero-order valence-corrected chi connectivity index (χ0v) is 13.8. The Labute approximate surface area is 140 Å². The SMILES string of the molecule is Cc1nn(C)c(Cl)c1C1CCCN1C(=O)c1ccc(C#N)cc1. The first-order valence-electron chi connectivity index (χ1n) is 7.53. The Kier molecular flexibility index (Phi) is 4.10. The van der Waals surface area contributed by atoms with E-state index in [-0.39, 0.29) is 11.9 Å². The van der Waals surface area contributed by atoms with Crippen molar-refractivity contribution in [1.29, 1.82) is 5.26 Å². The van der Waals surface area contributed by atoms with Crippen LogP contribution >= 0.6 is 11.6 Å². The fraction of sp³-hybridized carbons (Fsp3) is 0.353. The molecule has 118 valence electrons. The number of halogens is 1. The number of likely N-dealkylation sites (tertiary alicyclic amines) is 1. The lowest BCUT2D eigenvalue weighted by atomic mass is 10.0. The molecule has 23 heavy (non-hydrogen) atoms. The first-order valence-corrected chi connectivity index (χ1v) is 7.91. The van der Waals surface area contributed by atoms with Gasteiger partial charge in [0.25, 0.3) is 5.91 Å². The molecule has 0 N–H and O–H groups in total. The van der Waals surface area contributed by atoms with Crippen molar-refractivity contribution in [1.82, 2.24) is 14.7 Å². The highest BCUT2D eigenvalue weighted by Crippen LogP contribution is 2.38. The van der Waals surface area contributed by atoms with Gasteiger partial charge in [0.05, 0.1) is 23.4 Å². The summed E-state index contributed by atoms with van der Waals surface area (Å²) in [7, 11) is 1.81. The molecule has 1 aliphatic rings. The Bertz CT molecular complexity index is 788. The number of nitrogens with zero attached hydrogens (tertiary/aromatic N) is 4. The van der Waals surface area contributed by atoms with E-state index in [0.29, 0.717) is 22.8 Å². The number of nitriles is 1. The largest absolute Gasteiger partial charge is 0.331 e. The Hall–Kier alpha value is -2.32. The third kappa shape index (κ3) is 2.71. The van der Waals surface area contributed by atoms with E-state index < -0.39 is 0 Å². The number of benzene rings is 1. The van der Waals surface area contributed by atoms with Gasteiger partial charge < -0.3 is 4.90 Å². The molecular formula is C17H17ClN4O. The molecule has 0 radical (unpaired) electrons. The molecule has 0 bridgehead atoms. The van der Waals surface area contributed by atoms with Gasteiger partial charge in [-0.15, -0.1) is 0 Å². The molecule has 1 saturated heterocycles. The van der Waals surface area contributed by atoms with Crippen LogP contribution in [0.2, 0.25) is 5.15 Å². The lowest BCUT2D eigenvalue weighted by Gasteiger charge is -2.25. The summed E-state index contributed by atoms with van der Waals surface area (Å²) in [6.07, 6.45) is 1.83. The number of carbonyl (C=O) groups is 1. The maximum atomic E-state index is 12.8. The first-order chi connectivity index (χ1) is 11.0. The lowest BCUT2D eigenvalue weighted by Crippen LogP contribution is -2.30. The molecule has 1 aromatic carbocycles. The second-order valence-corrected chi connectivity index (χ2v) is 6.12. The van der Waals surface area contributed by atoms with Crippen LogP contribution < -0.4 is 0 Å². The van der Waals surface area contributed by atoms with E-state index in [4.69, 9.17) is 16.9 Å². The third-order valence-electron chi connectivity index (χ3n) is 4.30. The number of aromatic nitrogens is 2. The van der Waals surface area contributed by atoms with E-state index in [2.05, 4.69) is 11.2 Å². The van der Waals surface area contributed by atoms with E-state index in [1.807, 2.05) is 11.8 Å². The van der Waals surface area contributed by atoms with Gasteiger partial charge in [-0.3, -0.25) is 9.48 Å². The maximum absolute atomic E-state index is 12.8. The van der Waals surface area contributed by atoms with Gasteiger partial charge in [0.2, 0.25) is 0 Å². The molecule has 0 saturated carbocycles. The van der Waals surface area contributed by atoms with Crippen LogP contribution in [-0.2, 0) is 7.05 Å². The molecule has 0 spiro atoms. The van der Waals surface area contributed by atoms with Crippen LogP contribution in [0.1, 0.15) is 46.1 Å². The number of carbonyl (C=O) groups excluding carboxylic acids is 1. The monoisotopic (exact) mass is 328 g/mol. The number of aryl methyl sites for hydroxylation is 2. The predicted octanol–water partition coefficient (Wildman–Crippen LogP) is 3.23. The summed E-state index contributed by atoms with van der Waals surface area (Å²) in [5.74, 6) is -0.0312. The van der Waals surface area contributed by atoms with Crippen molar-refractivity contribution in [3.8, 4) is 6.07 Å². The van der Waals surface area contributed by atoms with Crippen molar-refractivity contribution in [3.63, 3.8) is 0 Å². The van der Waals surface area contributed by atoms with Gasteiger partial charge in [0, 0.05) is 24.7 Å². The van der Waals surface area contributed by atoms with Crippen molar-refractivity contribution in [2.24, 2.45) is 7.05 Å². The number of hydrogen-bond acceptors (Lipinski definition) is 3. The number of hydrogen-bond donors (Lipinski definition) is 0. The van der Waals surface area contributed by atoms with Gasteiger partial charge in [-0.2, -0.15) is 10.4 Å². The van der Waals surface area contributed by atoms with E-state index >= 15 is 0 Å². The highest BCUT2D eigenvalue weighted by molar-refractivity contribution is 6.30. The lowest BCUT2D eigenvalue weighted by molar-refractivity contribution is 0.0735. The topological polar surface area (TPSA) is 61.9 Å². The predicted molar refractivity (Wildman–Crippen MR) is 87.1 cm³/mol. The first kappa shape index (κ1) is 15.6. The molecule has 5 nitrogen and oxygen atoms in total. The van der Waals surface area contributed by atoms with Gasteiger partial charge in [-0.25, -0.2) is 0 Å². The molecule has 1 amide bonds. The van der Waals surface area contributed by atoms with Crippen molar-refractivity contribution in [3.05, 3.63) is 51.8 Å². The molecule has 1 aliphatic heterocycles. The highest BCUT2D eigenvalue weighted by Gasteiger charge is 2.34. The average Bonchev–Trinajstić information content (AvgIpc) is 3.12. The Morgan fingerprint density at radius 2 is 2.09 bits per heavy atom. The van der Waals surface area contributed by atoms with Gasteiger partial charge in [-0.05, 0) is 44.0 Å². The minimum Gasteiger partial charge on any atom is -0.331 e. The smallest absolute Gasteiger partial charge is 0.254 e. The van der Waals surface area contributed by atoms with E-state index in [1.165, 1.54) is 0 Å². The molecule has 6 heteroatoms. The molecule has 1 atom stereocenters. The van der Waals surface area contributed by atoms with Crippen LogP contribution in [0, 0.1) is 18.3 Å². The van der Waals surface area contributed by atoms with Crippen LogP contribution in [0.5, 0.6) is 0 Å². The summed E-state index contributed by atoms with van der Waals surface area (Å²) in [4.78, 5) is 14.7. The van der Waals surface area contributed by atoms with Crippen LogP contribution in [0.25, 0.3) is 0 Å². The van der Waals surface area contributed by atoms with Crippen molar-refractivity contribution in [2.75, 3.05) is 6.54 Å². The second-order valence-electron chi connectivity index (χ2n) is 5.76. The minimum atomic E-state index is -0.0423. The summed E-state index contributed by atoms with van der Waals surface area (Å²) >= 11 is 6.38. The van der Waals surface area contributed by atoms with Gasteiger partial charge >= 0.3 is 0 Å². The molecule has 1 aromatic heterocycles. The standard InChI is InChI=1S/C17H17ClN4O/c1-11-15(16(18)21(2)20-11)14-4-3-9-22(14)17(23)13-7-5-12(10-19)6-8-13/h5-8,14H,3-4,9H2,1-2H3. The van der Waals surface area contributed by atoms with Gasteiger partial charge in [0.1, 0.15) is 5.15 Å². The quantitative estimate of drug-likeness (QED) is 0.850. The van der Waals surface area contributed by atoms with Crippen molar-refractivity contribution >= 4 is 17.5 Å². The second kappa shape index (κ2) is 6.05. The number of rotatable bonds is 2. The fourth-order valence-corrected chi connectivity index (χ4v) is 3.49. The summed E-state index contributed by atoms with van der Waals surface area (Å²) in [6, 6.07) is 8.76. The van der Waals surface area contributed by atoms with Crippen LogP contribution in [0.4, 0.5) is 0 Å².